The summed E-state index contributed by atoms with van der Waals surface area (Å²) in [5.74, 6) is 0.943. The maximum atomic E-state index is 5.85. The number of hydrogen-bond acceptors (Lipinski definition) is 2. The molecule has 2 rings (SSSR count). The van der Waals surface area contributed by atoms with Crippen molar-refractivity contribution in [3.63, 3.8) is 0 Å². The minimum Gasteiger partial charge on any atom is -0.492 e. The molecule has 2 heteroatoms. The average molecular weight is 283 g/mol. The monoisotopic (exact) mass is 283 g/mol. The second-order valence-corrected chi connectivity index (χ2v) is 6.17. The first kappa shape index (κ1) is 15.6. The van der Waals surface area contributed by atoms with Crippen LogP contribution in [0.2, 0.25) is 0 Å². The van der Waals surface area contributed by atoms with Crippen molar-refractivity contribution in [3.8, 4) is 5.75 Å². The van der Waals surface area contributed by atoms with E-state index in [9.17, 15) is 0 Å². The average Bonchev–Trinajstić information content (AvgIpc) is 2.48. The number of rotatable bonds is 6. The predicted molar refractivity (Wildman–Crippen MR) is 89.1 cm³/mol. The maximum absolute atomic E-state index is 5.85. The van der Waals surface area contributed by atoms with Gasteiger partial charge in [-0.05, 0) is 37.4 Å². The van der Waals surface area contributed by atoms with E-state index in [1.165, 1.54) is 11.1 Å². The van der Waals surface area contributed by atoms with E-state index in [4.69, 9.17) is 4.74 Å². The second kappa shape index (κ2) is 6.77. The fraction of sp³-hybridized carbons (Fsp3) is 0.368. The highest BCUT2D eigenvalue weighted by molar-refractivity contribution is 5.40. The molecule has 0 fully saturated rings. The number of likely N-dealkylation sites (N-methyl/N-ethyl adjacent to an activating group) is 1. The Hall–Kier alpha value is -1.80. The van der Waals surface area contributed by atoms with Crippen LogP contribution in [0.4, 0.5) is 0 Å². The van der Waals surface area contributed by atoms with E-state index in [0.29, 0.717) is 6.61 Å². The minimum absolute atomic E-state index is 0.0256. The summed E-state index contributed by atoms with van der Waals surface area (Å²) in [5.41, 5.74) is 2.56. The topological polar surface area (TPSA) is 12.5 Å². The van der Waals surface area contributed by atoms with Crippen molar-refractivity contribution >= 4 is 0 Å². The SMILES string of the molecule is CN(C)CCOc1cccc(C(C)(C)c2ccccc2)c1. The molecule has 0 spiro atoms. The number of ether oxygens (including phenoxy) is 1. The summed E-state index contributed by atoms with van der Waals surface area (Å²) < 4.78 is 5.85. The van der Waals surface area contributed by atoms with Crippen LogP contribution in [-0.2, 0) is 5.41 Å². The summed E-state index contributed by atoms with van der Waals surface area (Å²) in [6, 6.07) is 19.0. The lowest BCUT2D eigenvalue weighted by Gasteiger charge is -2.26. The predicted octanol–water partition coefficient (Wildman–Crippen LogP) is 3.95. The van der Waals surface area contributed by atoms with Gasteiger partial charge in [-0.3, -0.25) is 0 Å². The molecule has 0 bridgehead atoms. The van der Waals surface area contributed by atoms with E-state index < -0.39 is 0 Å². The Morgan fingerprint density at radius 1 is 0.905 bits per heavy atom. The quantitative estimate of drug-likeness (QED) is 0.796. The Morgan fingerprint density at radius 3 is 2.24 bits per heavy atom. The van der Waals surface area contributed by atoms with Gasteiger partial charge in [0.1, 0.15) is 12.4 Å². The lowest BCUT2D eigenvalue weighted by atomic mass is 9.78. The van der Waals surface area contributed by atoms with Gasteiger partial charge in [0, 0.05) is 12.0 Å². The molecule has 21 heavy (non-hydrogen) atoms. The molecule has 0 saturated carbocycles. The van der Waals surface area contributed by atoms with Gasteiger partial charge in [0.25, 0.3) is 0 Å². The third-order valence-corrected chi connectivity index (χ3v) is 3.86. The standard InChI is InChI=1S/C19H25NO/c1-19(2,16-9-6-5-7-10-16)17-11-8-12-18(15-17)21-14-13-20(3)4/h5-12,15H,13-14H2,1-4H3. The Kier molecular flexibility index (Phi) is 5.03. The molecule has 0 amide bonds. The van der Waals surface area contributed by atoms with Crippen LogP contribution in [0.1, 0.15) is 25.0 Å². The van der Waals surface area contributed by atoms with Crippen molar-refractivity contribution in [2.45, 2.75) is 19.3 Å². The smallest absolute Gasteiger partial charge is 0.119 e. The van der Waals surface area contributed by atoms with E-state index in [2.05, 4.69) is 81.4 Å². The summed E-state index contributed by atoms with van der Waals surface area (Å²) in [6.07, 6.45) is 0. The summed E-state index contributed by atoms with van der Waals surface area (Å²) in [5, 5.41) is 0. The van der Waals surface area contributed by atoms with Crippen molar-refractivity contribution in [3.05, 3.63) is 65.7 Å². The van der Waals surface area contributed by atoms with Gasteiger partial charge in [-0.2, -0.15) is 0 Å². The van der Waals surface area contributed by atoms with Crippen LogP contribution in [0.15, 0.2) is 54.6 Å². The Bertz CT molecular complexity index is 561. The fourth-order valence-corrected chi connectivity index (χ4v) is 2.34. The van der Waals surface area contributed by atoms with E-state index in [-0.39, 0.29) is 5.41 Å². The molecule has 0 aliphatic carbocycles. The number of nitrogens with zero attached hydrogens (tertiary/aromatic N) is 1. The molecule has 0 radical (unpaired) electrons. The molecule has 0 heterocycles. The zero-order valence-corrected chi connectivity index (χ0v) is 13.5. The van der Waals surface area contributed by atoms with Gasteiger partial charge in [-0.1, -0.05) is 56.3 Å². The zero-order chi connectivity index (χ0) is 15.3. The Labute approximate surface area is 128 Å². The van der Waals surface area contributed by atoms with Gasteiger partial charge in [-0.15, -0.1) is 0 Å². The van der Waals surface area contributed by atoms with E-state index in [1.54, 1.807) is 0 Å². The van der Waals surface area contributed by atoms with Crippen molar-refractivity contribution in [1.82, 2.24) is 4.90 Å². The molecule has 0 atom stereocenters. The van der Waals surface area contributed by atoms with Gasteiger partial charge in [0.2, 0.25) is 0 Å². The van der Waals surface area contributed by atoms with Crippen LogP contribution >= 0.6 is 0 Å². The molecule has 2 nitrogen and oxygen atoms in total. The van der Waals surface area contributed by atoms with Crippen molar-refractivity contribution in [2.24, 2.45) is 0 Å². The fourth-order valence-electron chi connectivity index (χ4n) is 2.34. The molecular formula is C19H25NO. The second-order valence-electron chi connectivity index (χ2n) is 6.17. The van der Waals surface area contributed by atoms with E-state index in [0.717, 1.165) is 12.3 Å². The summed E-state index contributed by atoms with van der Waals surface area (Å²) in [7, 11) is 4.11. The zero-order valence-electron chi connectivity index (χ0n) is 13.5. The molecule has 0 aromatic heterocycles. The number of benzene rings is 2. The first-order valence-electron chi connectivity index (χ1n) is 7.44. The van der Waals surface area contributed by atoms with E-state index >= 15 is 0 Å². The van der Waals surface area contributed by atoms with Gasteiger partial charge in [0.05, 0.1) is 0 Å². The molecule has 0 aliphatic rings. The maximum Gasteiger partial charge on any atom is 0.119 e. The molecule has 0 unspecified atom stereocenters. The third kappa shape index (κ3) is 4.08. The van der Waals surface area contributed by atoms with Gasteiger partial charge in [0.15, 0.2) is 0 Å². The molecule has 0 saturated heterocycles. The molecule has 2 aromatic rings. The highest BCUT2D eigenvalue weighted by atomic mass is 16.5. The lowest BCUT2D eigenvalue weighted by Crippen LogP contribution is -2.20. The first-order chi connectivity index (χ1) is 10.00. The van der Waals surface area contributed by atoms with Gasteiger partial charge in [-0.25, -0.2) is 0 Å². The van der Waals surface area contributed by atoms with Crippen LogP contribution in [-0.4, -0.2) is 32.1 Å². The summed E-state index contributed by atoms with van der Waals surface area (Å²) in [6.45, 7) is 6.14. The normalized spacial score (nSPS) is 11.7. The third-order valence-electron chi connectivity index (χ3n) is 3.86. The van der Waals surface area contributed by atoms with Crippen LogP contribution in [0.5, 0.6) is 5.75 Å². The number of hydrogen-bond donors (Lipinski definition) is 0. The summed E-state index contributed by atoms with van der Waals surface area (Å²) >= 11 is 0. The molecular weight excluding hydrogens is 258 g/mol. The summed E-state index contributed by atoms with van der Waals surface area (Å²) in [4.78, 5) is 2.12. The Morgan fingerprint density at radius 2 is 1.57 bits per heavy atom. The van der Waals surface area contributed by atoms with Crippen molar-refractivity contribution < 1.29 is 4.74 Å². The van der Waals surface area contributed by atoms with E-state index in [1.807, 2.05) is 6.07 Å². The first-order valence-corrected chi connectivity index (χ1v) is 7.44. The lowest BCUT2D eigenvalue weighted by molar-refractivity contribution is 0.261. The van der Waals surface area contributed by atoms with Crippen LogP contribution < -0.4 is 4.74 Å². The van der Waals surface area contributed by atoms with Gasteiger partial charge < -0.3 is 9.64 Å². The van der Waals surface area contributed by atoms with Crippen LogP contribution in [0, 0.1) is 0 Å². The van der Waals surface area contributed by atoms with Crippen molar-refractivity contribution in [1.29, 1.82) is 0 Å². The van der Waals surface area contributed by atoms with Crippen LogP contribution in [0.25, 0.3) is 0 Å². The van der Waals surface area contributed by atoms with Crippen LogP contribution in [0.3, 0.4) is 0 Å². The molecule has 0 N–H and O–H groups in total. The highest BCUT2D eigenvalue weighted by Crippen LogP contribution is 2.32. The minimum atomic E-state index is -0.0256. The molecule has 112 valence electrons. The Balaban J connectivity index is 2.16. The highest BCUT2D eigenvalue weighted by Gasteiger charge is 2.23. The molecule has 0 aliphatic heterocycles. The molecule has 2 aromatic carbocycles. The largest absolute Gasteiger partial charge is 0.492 e. The van der Waals surface area contributed by atoms with Crippen molar-refractivity contribution in [2.75, 3.05) is 27.2 Å². The van der Waals surface area contributed by atoms with Gasteiger partial charge >= 0.3 is 0 Å².